The molecule has 7 heteroatoms. The van der Waals surface area contributed by atoms with Gasteiger partial charge in [0, 0.05) is 12.4 Å². The van der Waals surface area contributed by atoms with Gasteiger partial charge < -0.3 is 4.74 Å². The largest absolute Gasteiger partial charge is 0.462 e. The van der Waals surface area contributed by atoms with Crippen molar-refractivity contribution in [3.05, 3.63) is 28.1 Å². The first kappa shape index (κ1) is 11.7. The first-order valence-electron chi connectivity index (χ1n) is 4.83. The zero-order valence-electron chi connectivity index (χ0n) is 8.88. The highest BCUT2D eigenvalue weighted by Crippen LogP contribution is 2.20. The van der Waals surface area contributed by atoms with Crippen LogP contribution in [0.4, 0.5) is 0 Å². The van der Waals surface area contributed by atoms with Gasteiger partial charge in [0.05, 0.1) is 12.2 Å². The molecular formula is C10H8BrN3O3. The van der Waals surface area contributed by atoms with Crippen molar-refractivity contribution >= 4 is 33.8 Å². The number of halogens is 1. The number of fused-ring (bicyclic) bond motifs is 1. The first-order valence-corrected chi connectivity index (χ1v) is 5.62. The summed E-state index contributed by atoms with van der Waals surface area (Å²) < 4.78 is 6.60. The Morgan fingerprint density at radius 2 is 2.41 bits per heavy atom. The van der Waals surface area contributed by atoms with Crippen LogP contribution in [-0.4, -0.2) is 33.5 Å². The topological polar surface area (TPSA) is 73.6 Å². The molecule has 2 aromatic rings. The van der Waals surface area contributed by atoms with E-state index in [-0.39, 0.29) is 12.2 Å². The van der Waals surface area contributed by atoms with Gasteiger partial charge in [0.1, 0.15) is 10.2 Å². The number of rotatable bonds is 3. The van der Waals surface area contributed by atoms with Crippen LogP contribution in [0, 0.1) is 0 Å². The van der Waals surface area contributed by atoms with Crippen LogP contribution >= 0.6 is 15.9 Å². The minimum absolute atomic E-state index is 0.254. The quantitative estimate of drug-likeness (QED) is 0.634. The fourth-order valence-corrected chi connectivity index (χ4v) is 1.87. The molecule has 0 saturated carbocycles. The van der Waals surface area contributed by atoms with Gasteiger partial charge in [0.25, 0.3) is 0 Å². The van der Waals surface area contributed by atoms with Crippen LogP contribution < -0.4 is 0 Å². The van der Waals surface area contributed by atoms with Gasteiger partial charge in [-0.25, -0.2) is 14.3 Å². The number of carbonyl (C=O) groups is 2. The lowest BCUT2D eigenvalue weighted by Crippen LogP contribution is -2.05. The summed E-state index contributed by atoms with van der Waals surface area (Å²) in [6.07, 6.45) is 3.52. The maximum absolute atomic E-state index is 11.7. The van der Waals surface area contributed by atoms with Crippen molar-refractivity contribution in [2.45, 2.75) is 6.92 Å². The van der Waals surface area contributed by atoms with Crippen molar-refractivity contribution in [2.75, 3.05) is 6.61 Å². The molecule has 2 rings (SSSR count). The highest BCUT2D eigenvalue weighted by molar-refractivity contribution is 9.10. The predicted molar refractivity (Wildman–Crippen MR) is 62.0 cm³/mol. The van der Waals surface area contributed by atoms with Crippen molar-refractivity contribution < 1.29 is 14.3 Å². The molecule has 0 aliphatic rings. The lowest BCUT2D eigenvalue weighted by atomic mass is 10.3. The maximum Gasteiger partial charge on any atom is 0.344 e. The van der Waals surface area contributed by atoms with Crippen LogP contribution in [0.25, 0.3) is 5.65 Å². The molecule has 0 spiro atoms. The van der Waals surface area contributed by atoms with E-state index in [1.807, 2.05) is 0 Å². The molecule has 88 valence electrons. The van der Waals surface area contributed by atoms with Crippen LogP contribution in [-0.2, 0) is 4.74 Å². The van der Waals surface area contributed by atoms with Crippen molar-refractivity contribution in [3.63, 3.8) is 0 Å². The average Bonchev–Trinajstić information content (AvgIpc) is 2.64. The Hall–Kier alpha value is -1.76. The minimum Gasteiger partial charge on any atom is -0.462 e. The Bertz CT molecular complexity index is 594. The highest BCUT2D eigenvalue weighted by atomic mass is 79.9. The second-order valence-corrected chi connectivity index (χ2v) is 3.91. The lowest BCUT2D eigenvalue weighted by Gasteiger charge is -1.99. The van der Waals surface area contributed by atoms with Crippen LogP contribution in [0.2, 0.25) is 0 Å². The number of nitrogens with zero attached hydrogens (tertiary/aromatic N) is 3. The molecular weight excluding hydrogens is 290 g/mol. The molecule has 0 atom stereocenters. The Morgan fingerprint density at radius 1 is 1.65 bits per heavy atom. The molecule has 0 bridgehead atoms. The summed E-state index contributed by atoms with van der Waals surface area (Å²) in [5.41, 5.74) is 0.980. The summed E-state index contributed by atoms with van der Waals surface area (Å²) in [7, 11) is 0. The van der Waals surface area contributed by atoms with Crippen molar-refractivity contribution in [3.8, 4) is 0 Å². The Balaban J connectivity index is 2.60. The van der Waals surface area contributed by atoms with Gasteiger partial charge in [-0.2, -0.15) is 5.10 Å². The number of aromatic nitrogens is 3. The Morgan fingerprint density at radius 3 is 3.06 bits per heavy atom. The highest BCUT2D eigenvalue weighted by Gasteiger charge is 2.20. The molecule has 0 aliphatic carbocycles. The SMILES string of the molecule is CCOC(=O)c1c(Br)nn2cc(C=O)cnc12. The number of aldehydes is 1. The molecule has 0 aromatic carbocycles. The van der Waals surface area contributed by atoms with E-state index < -0.39 is 5.97 Å². The first-order chi connectivity index (χ1) is 8.17. The molecule has 2 heterocycles. The minimum atomic E-state index is -0.499. The van der Waals surface area contributed by atoms with Crippen molar-refractivity contribution in [2.24, 2.45) is 0 Å². The maximum atomic E-state index is 11.7. The molecule has 0 N–H and O–H groups in total. The fourth-order valence-electron chi connectivity index (χ4n) is 1.36. The normalized spacial score (nSPS) is 10.5. The van der Waals surface area contributed by atoms with Gasteiger partial charge in [-0.05, 0) is 22.9 Å². The van der Waals surface area contributed by atoms with E-state index in [1.165, 1.54) is 16.9 Å². The molecule has 0 radical (unpaired) electrons. The predicted octanol–water partition coefficient (Wildman–Crippen LogP) is 1.48. The number of hydrogen-bond donors (Lipinski definition) is 0. The zero-order valence-corrected chi connectivity index (χ0v) is 10.5. The number of carbonyl (C=O) groups excluding carboxylic acids is 2. The van der Waals surface area contributed by atoms with Gasteiger partial charge in [-0.1, -0.05) is 0 Å². The van der Waals surface area contributed by atoms with E-state index in [0.717, 1.165) is 0 Å². The lowest BCUT2D eigenvalue weighted by molar-refractivity contribution is 0.0527. The molecule has 0 amide bonds. The monoisotopic (exact) mass is 297 g/mol. The van der Waals surface area contributed by atoms with E-state index in [9.17, 15) is 9.59 Å². The van der Waals surface area contributed by atoms with Crippen LogP contribution in [0.1, 0.15) is 27.6 Å². The Labute approximate surface area is 105 Å². The summed E-state index contributed by atoms with van der Waals surface area (Å²) in [4.78, 5) is 26.3. The van der Waals surface area contributed by atoms with Crippen molar-refractivity contribution in [1.82, 2.24) is 14.6 Å². The van der Waals surface area contributed by atoms with Crippen molar-refractivity contribution in [1.29, 1.82) is 0 Å². The second kappa shape index (κ2) is 4.62. The summed E-state index contributed by atoms with van der Waals surface area (Å²) in [5.74, 6) is -0.499. The van der Waals surface area contributed by atoms with Crippen LogP contribution in [0.3, 0.4) is 0 Å². The zero-order chi connectivity index (χ0) is 12.4. The van der Waals surface area contributed by atoms with Gasteiger partial charge >= 0.3 is 5.97 Å². The third kappa shape index (κ3) is 2.05. The van der Waals surface area contributed by atoms with Gasteiger partial charge in [-0.15, -0.1) is 0 Å². The number of esters is 1. The van der Waals surface area contributed by atoms with Crippen LogP contribution in [0.5, 0.6) is 0 Å². The molecule has 2 aromatic heterocycles. The molecule has 0 fully saturated rings. The number of ether oxygens (including phenoxy) is 1. The second-order valence-electron chi connectivity index (χ2n) is 3.16. The van der Waals surface area contributed by atoms with Gasteiger partial charge in [-0.3, -0.25) is 4.79 Å². The molecule has 6 nitrogen and oxygen atoms in total. The van der Waals surface area contributed by atoms with E-state index in [4.69, 9.17) is 4.74 Å². The van der Waals surface area contributed by atoms with E-state index in [0.29, 0.717) is 22.1 Å². The summed E-state index contributed by atoms with van der Waals surface area (Å²) >= 11 is 3.17. The van der Waals surface area contributed by atoms with E-state index >= 15 is 0 Å². The number of hydrogen-bond acceptors (Lipinski definition) is 5. The smallest absolute Gasteiger partial charge is 0.344 e. The molecule has 0 saturated heterocycles. The third-order valence-electron chi connectivity index (χ3n) is 2.07. The summed E-state index contributed by atoms with van der Waals surface area (Å²) in [6.45, 7) is 1.99. The average molecular weight is 298 g/mol. The standard InChI is InChI=1S/C10H8BrN3O3/c1-2-17-10(16)7-8(11)13-14-4-6(5-15)3-12-9(7)14/h3-5H,2H2,1H3. The summed E-state index contributed by atoms with van der Waals surface area (Å²) in [5, 5.41) is 4.04. The fraction of sp³-hybridized carbons (Fsp3) is 0.200. The van der Waals surface area contributed by atoms with Crippen LogP contribution in [0.15, 0.2) is 17.0 Å². The van der Waals surface area contributed by atoms with E-state index in [2.05, 4.69) is 26.0 Å². The van der Waals surface area contributed by atoms with E-state index in [1.54, 1.807) is 6.92 Å². The molecule has 0 unspecified atom stereocenters. The van der Waals surface area contributed by atoms with Gasteiger partial charge in [0.15, 0.2) is 11.9 Å². The third-order valence-corrected chi connectivity index (χ3v) is 2.62. The molecule has 0 aliphatic heterocycles. The van der Waals surface area contributed by atoms with Gasteiger partial charge in [0.2, 0.25) is 0 Å². The summed E-state index contributed by atoms with van der Waals surface area (Å²) in [6, 6.07) is 0. The molecule has 17 heavy (non-hydrogen) atoms. The Kier molecular flexibility index (Phi) is 3.19.